The number of aliphatic hydroxyl groups excluding tert-OH is 1. The van der Waals surface area contributed by atoms with Crippen molar-refractivity contribution < 1.29 is 23.1 Å². The lowest BCUT2D eigenvalue weighted by Crippen LogP contribution is -2.55. The number of carbonyl (C=O) groups is 2. The largest absolute Gasteiger partial charge is 0.396 e. The van der Waals surface area contributed by atoms with Gasteiger partial charge in [0.2, 0.25) is 21.8 Å². The molecule has 3 N–H and O–H groups in total. The van der Waals surface area contributed by atoms with Gasteiger partial charge in [0.15, 0.2) is 0 Å². The van der Waals surface area contributed by atoms with Gasteiger partial charge in [0, 0.05) is 49.3 Å². The summed E-state index contributed by atoms with van der Waals surface area (Å²) in [6.45, 7) is 7.84. The van der Waals surface area contributed by atoms with E-state index in [1.807, 2.05) is 13.8 Å². The quantitative estimate of drug-likeness (QED) is 0.430. The highest BCUT2D eigenvalue weighted by Gasteiger charge is 2.40. The lowest BCUT2D eigenvalue weighted by molar-refractivity contribution is -0.144. The molecule has 208 valence electrons. The summed E-state index contributed by atoms with van der Waals surface area (Å²) in [4.78, 5) is 29.8. The van der Waals surface area contributed by atoms with Crippen LogP contribution >= 0.6 is 11.6 Å². The Morgan fingerprint density at radius 2 is 1.87 bits per heavy atom. The van der Waals surface area contributed by atoms with Gasteiger partial charge in [-0.15, -0.1) is 0 Å². The zero-order valence-electron chi connectivity index (χ0n) is 22.1. The minimum absolute atomic E-state index is 0.0685. The van der Waals surface area contributed by atoms with Gasteiger partial charge in [0.05, 0.1) is 4.90 Å². The maximum Gasteiger partial charge on any atom is 0.245 e. The minimum Gasteiger partial charge on any atom is -0.396 e. The molecule has 0 aromatic heterocycles. The summed E-state index contributed by atoms with van der Waals surface area (Å²) in [6, 6.07) is 8.45. The Labute approximate surface area is 229 Å². The van der Waals surface area contributed by atoms with Crippen LogP contribution in [-0.2, 0) is 19.6 Å². The number of benzene rings is 2. The third-order valence-corrected chi connectivity index (χ3v) is 9.18. The fourth-order valence-electron chi connectivity index (χ4n) is 5.03. The van der Waals surface area contributed by atoms with Crippen molar-refractivity contribution in [3.05, 3.63) is 41.4 Å². The van der Waals surface area contributed by atoms with E-state index in [0.29, 0.717) is 37.6 Å². The molecule has 0 aliphatic carbocycles. The number of rotatable bonds is 9. The molecule has 11 heteroatoms. The van der Waals surface area contributed by atoms with Crippen LogP contribution in [0.1, 0.15) is 40.0 Å². The molecular weight excluding hydrogens is 528 g/mol. The van der Waals surface area contributed by atoms with Crippen molar-refractivity contribution in [3.8, 4) is 0 Å². The Morgan fingerprint density at radius 3 is 2.61 bits per heavy atom. The number of likely N-dealkylation sites (tertiary alicyclic amines) is 2. The van der Waals surface area contributed by atoms with Gasteiger partial charge in [-0.2, -0.15) is 4.72 Å². The average molecular weight is 565 g/mol. The Bertz CT molecular complexity index is 1300. The normalized spacial score (nSPS) is 21.8. The standard InChI is InChI=1S/C27H37ClN4O5S/c1-18(25(34)31-11-4-5-22(15-31)29-16-27(2,3)17-33)32-12-10-24(26(32)35)30-38(36,37)23-9-7-19-13-21(28)8-6-20(19)14-23/h6-9,13-14,18,22,24,29-30,33H,4-5,10-12,15-17H2,1-3H3/t18-,22?,24?/m0/s1. The van der Waals surface area contributed by atoms with Crippen molar-refractivity contribution in [2.24, 2.45) is 5.41 Å². The van der Waals surface area contributed by atoms with Crippen LogP contribution in [0.15, 0.2) is 41.3 Å². The van der Waals surface area contributed by atoms with Crippen molar-refractivity contribution in [2.45, 2.75) is 63.1 Å². The summed E-state index contributed by atoms with van der Waals surface area (Å²) in [5, 5.41) is 15.1. The van der Waals surface area contributed by atoms with Gasteiger partial charge in [-0.3, -0.25) is 9.59 Å². The fourth-order valence-corrected chi connectivity index (χ4v) is 6.47. The molecule has 4 rings (SSSR count). The van der Waals surface area contributed by atoms with E-state index in [-0.39, 0.29) is 28.9 Å². The summed E-state index contributed by atoms with van der Waals surface area (Å²) in [5.74, 6) is -0.527. The molecule has 2 aliphatic heterocycles. The molecule has 2 heterocycles. The first kappa shape index (κ1) is 28.8. The fraction of sp³-hybridized carbons (Fsp3) is 0.556. The first-order valence-corrected chi connectivity index (χ1v) is 14.9. The molecule has 0 bridgehead atoms. The van der Waals surface area contributed by atoms with Crippen LogP contribution in [0.2, 0.25) is 5.02 Å². The predicted molar refractivity (Wildman–Crippen MR) is 147 cm³/mol. The number of sulfonamides is 1. The molecule has 2 aromatic carbocycles. The third kappa shape index (κ3) is 6.48. The molecule has 2 amide bonds. The van der Waals surface area contributed by atoms with Crippen LogP contribution in [0.4, 0.5) is 0 Å². The molecule has 0 radical (unpaired) electrons. The Kier molecular flexibility index (Phi) is 8.68. The van der Waals surface area contributed by atoms with E-state index in [1.54, 1.807) is 42.2 Å². The zero-order chi connectivity index (χ0) is 27.7. The van der Waals surface area contributed by atoms with E-state index >= 15 is 0 Å². The van der Waals surface area contributed by atoms with Crippen LogP contribution in [0, 0.1) is 5.41 Å². The summed E-state index contributed by atoms with van der Waals surface area (Å²) in [7, 11) is -3.95. The van der Waals surface area contributed by atoms with Gasteiger partial charge >= 0.3 is 0 Å². The molecule has 3 atom stereocenters. The number of hydrogen-bond donors (Lipinski definition) is 3. The molecule has 2 saturated heterocycles. The Balaban J connectivity index is 1.37. The summed E-state index contributed by atoms with van der Waals surface area (Å²) < 4.78 is 28.7. The van der Waals surface area contributed by atoms with Gasteiger partial charge in [-0.25, -0.2) is 8.42 Å². The first-order valence-electron chi connectivity index (χ1n) is 13.1. The highest BCUT2D eigenvalue weighted by Crippen LogP contribution is 2.24. The van der Waals surface area contributed by atoms with E-state index in [9.17, 15) is 23.1 Å². The van der Waals surface area contributed by atoms with Gasteiger partial charge in [-0.05, 0) is 61.2 Å². The highest BCUT2D eigenvalue weighted by molar-refractivity contribution is 7.89. The topological polar surface area (TPSA) is 119 Å². The molecule has 0 spiro atoms. The lowest BCUT2D eigenvalue weighted by atomic mass is 9.94. The Hall–Kier alpha value is -2.24. The second-order valence-corrected chi connectivity index (χ2v) is 13.3. The van der Waals surface area contributed by atoms with E-state index in [1.165, 1.54) is 11.0 Å². The van der Waals surface area contributed by atoms with Gasteiger partial charge in [-0.1, -0.05) is 37.6 Å². The first-order chi connectivity index (χ1) is 17.9. The number of hydrogen-bond acceptors (Lipinski definition) is 6. The number of piperidine rings is 1. The molecule has 38 heavy (non-hydrogen) atoms. The molecule has 9 nitrogen and oxygen atoms in total. The SMILES string of the molecule is C[C@@H](C(=O)N1CCCC(NCC(C)(C)CO)C1)N1CCC(NS(=O)(=O)c2ccc3cc(Cl)ccc3c2)C1=O. The highest BCUT2D eigenvalue weighted by atomic mass is 35.5. The van der Waals surface area contributed by atoms with E-state index in [0.717, 1.165) is 23.6 Å². The second kappa shape index (κ2) is 11.5. The number of fused-ring (bicyclic) bond motifs is 1. The predicted octanol–water partition coefficient (Wildman–Crippen LogP) is 2.36. The number of carbonyl (C=O) groups excluding carboxylic acids is 2. The maximum atomic E-state index is 13.3. The Morgan fingerprint density at radius 1 is 1.16 bits per heavy atom. The van der Waals surface area contributed by atoms with Crippen molar-refractivity contribution in [1.29, 1.82) is 0 Å². The molecule has 2 unspecified atom stereocenters. The van der Waals surface area contributed by atoms with E-state index in [2.05, 4.69) is 10.0 Å². The van der Waals surface area contributed by atoms with Gasteiger partial charge in [0.25, 0.3) is 0 Å². The molecule has 2 aromatic rings. The van der Waals surface area contributed by atoms with Crippen LogP contribution in [0.3, 0.4) is 0 Å². The monoisotopic (exact) mass is 564 g/mol. The number of aliphatic hydroxyl groups is 1. The van der Waals surface area contributed by atoms with Crippen LogP contribution in [0.5, 0.6) is 0 Å². The maximum absolute atomic E-state index is 13.3. The third-order valence-electron chi connectivity index (χ3n) is 7.48. The average Bonchev–Trinajstić information content (AvgIpc) is 3.25. The van der Waals surface area contributed by atoms with Crippen molar-refractivity contribution in [2.75, 3.05) is 32.8 Å². The van der Waals surface area contributed by atoms with Crippen molar-refractivity contribution in [1.82, 2.24) is 19.8 Å². The molecular formula is C27H37ClN4O5S. The smallest absolute Gasteiger partial charge is 0.245 e. The molecule has 2 aliphatic rings. The van der Waals surface area contributed by atoms with Gasteiger partial charge in [0.1, 0.15) is 12.1 Å². The minimum atomic E-state index is -3.95. The van der Waals surface area contributed by atoms with Crippen LogP contribution < -0.4 is 10.0 Å². The zero-order valence-corrected chi connectivity index (χ0v) is 23.7. The van der Waals surface area contributed by atoms with Crippen molar-refractivity contribution >= 4 is 44.2 Å². The summed E-state index contributed by atoms with van der Waals surface area (Å²) >= 11 is 6.02. The second-order valence-electron chi connectivity index (χ2n) is 11.2. The number of amides is 2. The van der Waals surface area contributed by atoms with Crippen LogP contribution in [0.25, 0.3) is 10.8 Å². The van der Waals surface area contributed by atoms with Gasteiger partial charge < -0.3 is 20.2 Å². The van der Waals surface area contributed by atoms with E-state index in [4.69, 9.17) is 11.6 Å². The summed E-state index contributed by atoms with van der Waals surface area (Å²) in [6.07, 6.45) is 2.08. The number of halogens is 1. The lowest BCUT2D eigenvalue weighted by Gasteiger charge is -2.37. The molecule has 0 saturated carbocycles. The van der Waals surface area contributed by atoms with Crippen molar-refractivity contribution in [3.63, 3.8) is 0 Å². The number of nitrogens with one attached hydrogen (secondary N) is 2. The summed E-state index contributed by atoms with van der Waals surface area (Å²) in [5.41, 5.74) is -0.246. The molecule has 2 fully saturated rings. The van der Waals surface area contributed by atoms with Crippen LogP contribution in [-0.4, -0.2) is 86.0 Å². The number of nitrogens with zero attached hydrogens (tertiary/aromatic N) is 2. The van der Waals surface area contributed by atoms with E-state index < -0.39 is 28.0 Å².